The first-order valence-corrected chi connectivity index (χ1v) is 7.22. The zero-order chi connectivity index (χ0) is 17.3. The number of carbonyl (C=O) groups is 2. The summed E-state index contributed by atoms with van der Waals surface area (Å²) in [5.74, 6) is -1.85. The van der Waals surface area contributed by atoms with Crippen LogP contribution in [-0.4, -0.2) is 57.8 Å². The molecule has 1 N–H and O–H groups in total. The Balaban J connectivity index is 2.70. The summed E-state index contributed by atoms with van der Waals surface area (Å²) in [6.07, 6.45) is -4.28. The van der Waals surface area contributed by atoms with Crippen LogP contribution in [0.15, 0.2) is 0 Å². The molecule has 0 aromatic heterocycles. The van der Waals surface area contributed by atoms with Gasteiger partial charge in [0.25, 0.3) is 0 Å². The van der Waals surface area contributed by atoms with Crippen molar-refractivity contribution in [2.75, 3.05) is 7.05 Å². The van der Waals surface area contributed by atoms with Crippen LogP contribution in [-0.2, 0) is 4.79 Å². The number of hydrogen-bond donors (Lipinski definition) is 1. The lowest BCUT2D eigenvalue weighted by atomic mass is 9.87. The Hall–Kier alpha value is -1.47. The number of carboxylic acid groups (broad SMARTS) is 1. The predicted molar refractivity (Wildman–Crippen MR) is 74.5 cm³/mol. The predicted octanol–water partition coefficient (Wildman–Crippen LogP) is 3.10. The van der Waals surface area contributed by atoms with E-state index in [-0.39, 0.29) is 6.04 Å². The van der Waals surface area contributed by atoms with Crippen molar-refractivity contribution in [1.82, 2.24) is 9.80 Å². The molecule has 1 fully saturated rings. The number of amides is 2. The number of rotatable bonds is 2. The van der Waals surface area contributed by atoms with Crippen molar-refractivity contribution in [1.29, 1.82) is 0 Å². The minimum Gasteiger partial charge on any atom is -0.465 e. The molecule has 1 aliphatic carbocycles. The highest BCUT2D eigenvalue weighted by Crippen LogP contribution is 2.31. The van der Waals surface area contributed by atoms with Crippen LogP contribution in [0.3, 0.4) is 0 Å². The zero-order valence-corrected chi connectivity index (χ0v) is 13.3. The van der Waals surface area contributed by atoms with Gasteiger partial charge in [0.05, 0.1) is 0 Å². The van der Waals surface area contributed by atoms with E-state index < -0.39 is 29.8 Å². The summed E-state index contributed by atoms with van der Waals surface area (Å²) in [5, 5.41) is 9.34. The number of carbonyl (C=O) groups excluding carboxylic acids is 1. The molecule has 0 aromatic rings. The summed E-state index contributed by atoms with van der Waals surface area (Å²) in [4.78, 5) is 24.7. The van der Waals surface area contributed by atoms with Gasteiger partial charge >= 0.3 is 18.2 Å². The molecule has 0 bridgehead atoms. The van der Waals surface area contributed by atoms with Gasteiger partial charge in [0.1, 0.15) is 0 Å². The third-order valence-electron chi connectivity index (χ3n) is 4.07. The van der Waals surface area contributed by atoms with Crippen molar-refractivity contribution in [3.63, 3.8) is 0 Å². The molecular formula is C14H23F3N2O3. The Morgan fingerprint density at radius 1 is 1.00 bits per heavy atom. The van der Waals surface area contributed by atoms with Crippen LogP contribution in [0.5, 0.6) is 0 Å². The third kappa shape index (κ3) is 4.27. The van der Waals surface area contributed by atoms with Gasteiger partial charge in [-0.2, -0.15) is 13.2 Å². The van der Waals surface area contributed by atoms with Crippen LogP contribution in [0.1, 0.15) is 46.5 Å². The first-order chi connectivity index (χ1) is 9.85. The van der Waals surface area contributed by atoms with Gasteiger partial charge in [0, 0.05) is 24.7 Å². The quantitative estimate of drug-likeness (QED) is 0.849. The van der Waals surface area contributed by atoms with E-state index in [0.29, 0.717) is 25.7 Å². The molecule has 0 aromatic carbocycles. The van der Waals surface area contributed by atoms with Crippen LogP contribution in [0.4, 0.5) is 18.0 Å². The highest BCUT2D eigenvalue weighted by molar-refractivity contribution is 5.81. The van der Waals surface area contributed by atoms with Gasteiger partial charge < -0.3 is 14.9 Å². The van der Waals surface area contributed by atoms with Crippen LogP contribution in [0.2, 0.25) is 0 Å². The van der Waals surface area contributed by atoms with Crippen LogP contribution in [0.25, 0.3) is 0 Å². The summed E-state index contributed by atoms with van der Waals surface area (Å²) in [5.41, 5.74) is -0.572. The minimum absolute atomic E-state index is 0.233. The van der Waals surface area contributed by atoms with E-state index in [1.165, 1.54) is 4.90 Å². The molecule has 22 heavy (non-hydrogen) atoms. The average molecular weight is 324 g/mol. The molecule has 8 heteroatoms. The summed E-state index contributed by atoms with van der Waals surface area (Å²) < 4.78 is 37.3. The Bertz CT molecular complexity index is 424. The SMILES string of the molecule is CN(C(=O)C(F)(F)F)[C@H]1CC[C@H](N(C(=O)O)C(C)(C)C)CC1. The lowest BCUT2D eigenvalue weighted by molar-refractivity contribution is -0.186. The van der Waals surface area contributed by atoms with Crippen molar-refractivity contribution in [2.45, 2.75) is 70.3 Å². The molecule has 0 saturated heterocycles. The van der Waals surface area contributed by atoms with Gasteiger partial charge in [-0.3, -0.25) is 4.79 Å². The maximum Gasteiger partial charge on any atom is 0.471 e. The van der Waals surface area contributed by atoms with Crippen molar-refractivity contribution in [3.05, 3.63) is 0 Å². The average Bonchev–Trinajstić information content (AvgIpc) is 2.34. The van der Waals surface area contributed by atoms with Crippen molar-refractivity contribution < 1.29 is 27.9 Å². The van der Waals surface area contributed by atoms with Gasteiger partial charge in [0.2, 0.25) is 0 Å². The van der Waals surface area contributed by atoms with Gasteiger partial charge in [-0.1, -0.05) is 0 Å². The van der Waals surface area contributed by atoms with E-state index in [0.717, 1.165) is 11.9 Å². The normalized spacial score (nSPS) is 23.0. The van der Waals surface area contributed by atoms with Crippen molar-refractivity contribution in [2.24, 2.45) is 0 Å². The standard InChI is InChI=1S/C14H23F3N2O3/c1-13(2,3)19(12(21)22)10-7-5-9(6-8-10)18(4)11(20)14(15,16)17/h9-10H,5-8H2,1-4H3,(H,21,22)/t9-,10-. The molecule has 128 valence electrons. The molecule has 2 amide bonds. The number of halogens is 3. The van der Waals surface area contributed by atoms with Gasteiger partial charge in [0.15, 0.2) is 0 Å². The lowest BCUT2D eigenvalue weighted by Gasteiger charge is -2.44. The number of alkyl halides is 3. The first kappa shape index (κ1) is 18.6. The monoisotopic (exact) mass is 324 g/mol. The minimum atomic E-state index is -4.87. The number of nitrogens with zero attached hydrogens (tertiary/aromatic N) is 2. The van der Waals surface area contributed by atoms with Crippen molar-refractivity contribution >= 4 is 12.0 Å². The Morgan fingerprint density at radius 3 is 1.73 bits per heavy atom. The molecule has 0 spiro atoms. The van der Waals surface area contributed by atoms with Gasteiger partial charge in [-0.15, -0.1) is 0 Å². The summed E-state index contributed by atoms with van der Waals surface area (Å²) in [7, 11) is 1.15. The van der Waals surface area contributed by atoms with E-state index in [2.05, 4.69) is 0 Å². The maximum atomic E-state index is 12.4. The number of hydrogen-bond acceptors (Lipinski definition) is 2. The summed E-state index contributed by atoms with van der Waals surface area (Å²) in [6, 6.07) is -0.732. The van der Waals surface area contributed by atoms with E-state index in [1.54, 1.807) is 20.8 Å². The molecule has 1 rings (SSSR count). The van der Waals surface area contributed by atoms with Gasteiger partial charge in [-0.25, -0.2) is 4.79 Å². The summed E-state index contributed by atoms with van der Waals surface area (Å²) >= 11 is 0. The zero-order valence-electron chi connectivity index (χ0n) is 13.3. The highest BCUT2D eigenvalue weighted by atomic mass is 19.4. The van der Waals surface area contributed by atoms with E-state index in [1.807, 2.05) is 0 Å². The Kier molecular flexibility index (Phi) is 5.35. The fraction of sp³-hybridized carbons (Fsp3) is 0.857. The van der Waals surface area contributed by atoms with Crippen LogP contribution in [0, 0.1) is 0 Å². The summed E-state index contributed by atoms with van der Waals surface area (Å²) in [6.45, 7) is 5.35. The van der Waals surface area contributed by atoms with Crippen LogP contribution >= 0.6 is 0 Å². The van der Waals surface area contributed by atoms with E-state index >= 15 is 0 Å². The maximum absolute atomic E-state index is 12.4. The molecular weight excluding hydrogens is 301 g/mol. The molecule has 0 aliphatic heterocycles. The topological polar surface area (TPSA) is 60.9 Å². The van der Waals surface area contributed by atoms with E-state index in [4.69, 9.17) is 0 Å². The highest BCUT2D eigenvalue weighted by Gasteiger charge is 2.44. The van der Waals surface area contributed by atoms with Crippen LogP contribution < -0.4 is 0 Å². The Labute approximate surface area is 128 Å². The first-order valence-electron chi connectivity index (χ1n) is 7.22. The fourth-order valence-electron chi connectivity index (χ4n) is 3.06. The lowest BCUT2D eigenvalue weighted by Crippen LogP contribution is -2.54. The molecule has 0 atom stereocenters. The molecule has 1 saturated carbocycles. The molecule has 0 heterocycles. The fourth-order valence-corrected chi connectivity index (χ4v) is 3.06. The largest absolute Gasteiger partial charge is 0.471 e. The van der Waals surface area contributed by atoms with Crippen molar-refractivity contribution in [3.8, 4) is 0 Å². The molecule has 5 nitrogen and oxygen atoms in total. The second kappa shape index (κ2) is 6.34. The second-order valence-corrected chi connectivity index (χ2v) is 6.70. The molecule has 0 radical (unpaired) electrons. The van der Waals surface area contributed by atoms with Gasteiger partial charge in [-0.05, 0) is 46.5 Å². The van der Waals surface area contributed by atoms with E-state index in [9.17, 15) is 27.9 Å². The second-order valence-electron chi connectivity index (χ2n) is 6.70. The molecule has 0 unspecified atom stereocenters. The third-order valence-corrected chi connectivity index (χ3v) is 4.07. The smallest absolute Gasteiger partial charge is 0.465 e. The Morgan fingerprint density at radius 2 is 1.41 bits per heavy atom. The molecule has 1 aliphatic rings.